The number of hydrogen-bond acceptors (Lipinski definition) is 10. The highest BCUT2D eigenvalue weighted by Gasteiger charge is 2.15. The monoisotopic (exact) mass is 682 g/mol. The molecule has 0 aliphatic carbocycles. The number of amides is 2. The number of methoxy groups -OCH3 is 4. The maximum Gasteiger partial charge on any atom is 0.272 e. The van der Waals surface area contributed by atoms with E-state index in [9.17, 15) is 14.4 Å². The highest BCUT2D eigenvalue weighted by atomic mass is 32.2. The molecule has 0 spiro atoms. The Kier molecular flexibility index (Phi) is 13.8. The average Bonchev–Trinajstić information content (AvgIpc) is 3.57. The molecule has 2 aromatic carbocycles. The molecular formula is C34H42N4O7S2. The van der Waals surface area contributed by atoms with E-state index in [-0.39, 0.29) is 23.1 Å². The maximum absolute atomic E-state index is 13.3. The molecular weight excluding hydrogens is 641 g/mol. The Hall–Kier alpha value is -4.23. The van der Waals surface area contributed by atoms with E-state index >= 15 is 0 Å². The standard InChI is InChI=1S/C34H42N4O7S2/c1-42-26-11-9-23(20-28(26)44-3)13-16-35-30(39)8-6-5-7-18-38-33(41)32-25(15-19-46-32)37-34(38)47-22-31(40)36-17-14-24-10-12-27(43-2)29(21-24)45-4/h9-12,15,19-21H,5-8,13-14,16-18,22H2,1-4H3,(H,35,39)(H,36,40). The third kappa shape index (κ3) is 10.1. The molecule has 0 aliphatic heterocycles. The highest BCUT2D eigenvalue weighted by molar-refractivity contribution is 7.99. The van der Waals surface area contributed by atoms with Crippen LogP contribution in [0.25, 0.3) is 10.2 Å². The van der Waals surface area contributed by atoms with Crippen LogP contribution in [-0.4, -0.2) is 68.6 Å². The molecule has 2 N–H and O–H groups in total. The second kappa shape index (κ2) is 18.2. The van der Waals surface area contributed by atoms with Gasteiger partial charge in [-0.3, -0.25) is 19.0 Å². The first-order chi connectivity index (χ1) is 22.9. The lowest BCUT2D eigenvalue weighted by molar-refractivity contribution is -0.121. The Morgan fingerprint density at radius 2 is 1.38 bits per heavy atom. The van der Waals surface area contributed by atoms with E-state index in [0.29, 0.717) is 90.1 Å². The van der Waals surface area contributed by atoms with E-state index in [0.717, 1.165) is 17.5 Å². The zero-order valence-electron chi connectivity index (χ0n) is 27.3. The van der Waals surface area contributed by atoms with Crippen molar-refractivity contribution in [1.82, 2.24) is 20.2 Å². The highest BCUT2D eigenvalue weighted by Crippen LogP contribution is 2.28. The third-order valence-corrected chi connectivity index (χ3v) is 9.38. The van der Waals surface area contributed by atoms with E-state index in [1.807, 2.05) is 47.8 Å². The number of fused-ring (bicyclic) bond motifs is 1. The van der Waals surface area contributed by atoms with Crippen LogP contribution in [0.5, 0.6) is 23.0 Å². The fraction of sp³-hybridized carbons (Fsp3) is 0.412. The summed E-state index contributed by atoms with van der Waals surface area (Å²) in [6.07, 6.45) is 3.92. The van der Waals surface area contributed by atoms with Gasteiger partial charge in [0.25, 0.3) is 5.56 Å². The van der Waals surface area contributed by atoms with Gasteiger partial charge < -0.3 is 29.6 Å². The first-order valence-electron chi connectivity index (χ1n) is 15.4. The summed E-state index contributed by atoms with van der Waals surface area (Å²) in [6.45, 7) is 1.45. The minimum Gasteiger partial charge on any atom is -0.493 e. The predicted molar refractivity (Wildman–Crippen MR) is 186 cm³/mol. The van der Waals surface area contributed by atoms with Crippen molar-refractivity contribution in [3.05, 3.63) is 69.3 Å². The van der Waals surface area contributed by atoms with E-state index in [4.69, 9.17) is 18.9 Å². The van der Waals surface area contributed by atoms with Gasteiger partial charge in [-0.1, -0.05) is 30.3 Å². The lowest BCUT2D eigenvalue weighted by atomic mass is 10.1. The van der Waals surface area contributed by atoms with Gasteiger partial charge in [0.05, 0.1) is 39.7 Å². The number of hydrogen-bond donors (Lipinski definition) is 2. The number of thiophene rings is 1. The van der Waals surface area contributed by atoms with Gasteiger partial charge >= 0.3 is 0 Å². The molecule has 0 fully saturated rings. The van der Waals surface area contributed by atoms with Crippen molar-refractivity contribution in [1.29, 1.82) is 0 Å². The molecule has 4 rings (SSSR count). The fourth-order valence-corrected chi connectivity index (χ4v) is 6.63. The Labute approximate surface area is 283 Å². The van der Waals surface area contributed by atoms with Crippen LogP contribution >= 0.6 is 23.1 Å². The molecule has 252 valence electrons. The SMILES string of the molecule is COc1ccc(CCNC(=O)CCCCCn2c(SCC(=O)NCCc3ccc(OC)c(OC)c3)nc3ccsc3c2=O)cc1OC. The van der Waals surface area contributed by atoms with E-state index in [2.05, 4.69) is 15.6 Å². The topological polar surface area (TPSA) is 130 Å². The molecule has 4 aromatic rings. The maximum atomic E-state index is 13.3. The Morgan fingerprint density at radius 3 is 1.98 bits per heavy atom. The molecule has 0 bridgehead atoms. The summed E-state index contributed by atoms with van der Waals surface area (Å²) in [6, 6.07) is 13.2. The Bertz CT molecular complexity index is 1710. The van der Waals surface area contributed by atoms with E-state index in [1.54, 1.807) is 33.0 Å². The van der Waals surface area contributed by atoms with Crippen molar-refractivity contribution in [3.8, 4) is 23.0 Å². The number of nitrogens with one attached hydrogen (secondary N) is 2. The number of benzene rings is 2. The van der Waals surface area contributed by atoms with Crippen LogP contribution in [0.3, 0.4) is 0 Å². The zero-order valence-corrected chi connectivity index (χ0v) is 28.9. The molecule has 0 atom stereocenters. The van der Waals surface area contributed by atoms with Crippen LogP contribution in [-0.2, 0) is 29.0 Å². The number of aromatic nitrogens is 2. The summed E-state index contributed by atoms with van der Waals surface area (Å²) in [5, 5.41) is 8.29. The molecule has 11 nitrogen and oxygen atoms in total. The molecule has 47 heavy (non-hydrogen) atoms. The van der Waals surface area contributed by atoms with Crippen LogP contribution in [0.15, 0.2) is 57.8 Å². The van der Waals surface area contributed by atoms with Crippen LogP contribution in [0, 0.1) is 0 Å². The van der Waals surface area contributed by atoms with Crippen molar-refractivity contribution in [2.75, 3.05) is 47.3 Å². The predicted octanol–water partition coefficient (Wildman–Crippen LogP) is 4.86. The minimum atomic E-state index is -0.140. The van der Waals surface area contributed by atoms with Gasteiger partial charge in [-0.15, -0.1) is 11.3 Å². The number of unbranched alkanes of at least 4 members (excludes halogenated alkanes) is 2. The summed E-state index contributed by atoms with van der Waals surface area (Å²) in [4.78, 5) is 43.1. The Balaban J connectivity index is 1.21. The molecule has 0 aliphatic rings. The first kappa shape index (κ1) is 35.6. The van der Waals surface area contributed by atoms with Gasteiger partial charge in [0.2, 0.25) is 11.8 Å². The first-order valence-corrected chi connectivity index (χ1v) is 17.3. The molecule has 13 heteroatoms. The van der Waals surface area contributed by atoms with Crippen molar-refractivity contribution in [2.24, 2.45) is 0 Å². The second-order valence-corrected chi connectivity index (χ2v) is 12.5. The number of ether oxygens (including phenoxy) is 4. The summed E-state index contributed by atoms with van der Waals surface area (Å²) in [5.41, 5.74) is 2.60. The van der Waals surface area contributed by atoms with E-state index in [1.165, 1.54) is 23.1 Å². The number of rotatable bonds is 19. The van der Waals surface area contributed by atoms with Crippen molar-refractivity contribution in [3.63, 3.8) is 0 Å². The van der Waals surface area contributed by atoms with Gasteiger partial charge in [-0.05, 0) is 72.5 Å². The second-order valence-electron chi connectivity index (χ2n) is 10.7. The van der Waals surface area contributed by atoms with Gasteiger partial charge in [-0.25, -0.2) is 4.98 Å². The summed E-state index contributed by atoms with van der Waals surface area (Å²) in [7, 11) is 6.38. The number of carbonyl (C=O) groups excluding carboxylic acids is 2. The summed E-state index contributed by atoms with van der Waals surface area (Å²) in [5.74, 6) is 2.63. The average molecular weight is 683 g/mol. The van der Waals surface area contributed by atoms with Crippen molar-refractivity contribution >= 4 is 45.1 Å². The van der Waals surface area contributed by atoms with Gasteiger partial charge in [0.15, 0.2) is 28.2 Å². The van der Waals surface area contributed by atoms with E-state index < -0.39 is 0 Å². The van der Waals surface area contributed by atoms with Crippen LogP contribution in [0.4, 0.5) is 0 Å². The molecule has 2 aromatic heterocycles. The summed E-state index contributed by atoms with van der Waals surface area (Å²) < 4.78 is 23.5. The van der Waals surface area contributed by atoms with Crippen LogP contribution in [0.2, 0.25) is 0 Å². The number of nitrogens with zero attached hydrogens (tertiary/aromatic N) is 2. The van der Waals surface area contributed by atoms with Crippen molar-refractivity contribution < 1.29 is 28.5 Å². The lowest BCUT2D eigenvalue weighted by Gasteiger charge is -2.12. The Morgan fingerprint density at radius 1 is 0.787 bits per heavy atom. The molecule has 0 saturated carbocycles. The molecule has 2 amide bonds. The fourth-order valence-electron chi connectivity index (χ4n) is 5.00. The molecule has 2 heterocycles. The lowest BCUT2D eigenvalue weighted by Crippen LogP contribution is -2.28. The third-order valence-electron chi connectivity index (χ3n) is 7.52. The smallest absolute Gasteiger partial charge is 0.272 e. The van der Waals surface area contributed by atoms with Crippen LogP contribution < -0.4 is 35.1 Å². The van der Waals surface area contributed by atoms with Gasteiger partial charge in [0, 0.05) is 26.1 Å². The van der Waals surface area contributed by atoms with Crippen LogP contribution in [0.1, 0.15) is 36.8 Å². The largest absolute Gasteiger partial charge is 0.493 e. The quantitative estimate of drug-likeness (QED) is 0.0809. The van der Waals surface area contributed by atoms with Crippen molar-refractivity contribution in [2.45, 2.75) is 50.2 Å². The molecule has 0 saturated heterocycles. The number of carbonyl (C=O) groups is 2. The van der Waals surface area contributed by atoms with Gasteiger partial charge in [0.1, 0.15) is 4.70 Å². The molecule has 0 radical (unpaired) electrons. The minimum absolute atomic E-state index is 0.00213. The summed E-state index contributed by atoms with van der Waals surface area (Å²) >= 11 is 2.62. The number of thioether (sulfide) groups is 1. The molecule has 0 unspecified atom stereocenters. The normalized spacial score (nSPS) is 10.9. The van der Waals surface area contributed by atoms with Gasteiger partial charge in [-0.2, -0.15) is 0 Å². The zero-order chi connectivity index (χ0) is 33.6.